The van der Waals surface area contributed by atoms with Crippen molar-refractivity contribution < 1.29 is 9.47 Å². The molecule has 0 aliphatic heterocycles. The smallest absolute Gasteiger partial charge is 0.245 e. The van der Waals surface area contributed by atoms with Crippen LogP contribution in [0, 0.1) is 13.8 Å². The SMILES string of the molecule is COc1cc(CN(C)c2nnc(C)c(C)n2)c(SC)cc1OC. The molecule has 0 N–H and O–H groups in total. The summed E-state index contributed by atoms with van der Waals surface area (Å²) < 4.78 is 10.8. The molecule has 1 aromatic carbocycles. The van der Waals surface area contributed by atoms with Gasteiger partial charge in [0.25, 0.3) is 0 Å². The molecule has 6 nitrogen and oxygen atoms in total. The van der Waals surface area contributed by atoms with E-state index >= 15 is 0 Å². The van der Waals surface area contributed by atoms with E-state index in [0.717, 1.165) is 27.6 Å². The molecule has 1 heterocycles. The van der Waals surface area contributed by atoms with Gasteiger partial charge in [0.2, 0.25) is 5.95 Å². The van der Waals surface area contributed by atoms with Crippen LogP contribution in [-0.4, -0.2) is 42.7 Å². The van der Waals surface area contributed by atoms with Crippen LogP contribution in [-0.2, 0) is 6.54 Å². The molecule has 0 atom stereocenters. The van der Waals surface area contributed by atoms with E-state index < -0.39 is 0 Å². The van der Waals surface area contributed by atoms with Gasteiger partial charge in [0.1, 0.15) is 0 Å². The predicted octanol–water partition coefficient (Wildman–Crippen LogP) is 2.86. The highest BCUT2D eigenvalue weighted by molar-refractivity contribution is 7.98. The quantitative estimate of drug-likeness (QED) is 0.753. The lowest BCUT2D eigenvalue weighted by Crippen LogP contribution is -2.21. The summed E-state index contributed by atoms with van der Waals surface area (Å²) in [5.41, 5.74) is 2.86. The Morgan fingerprint density at radius 3 is 2.26 bits per heavy atom. The zero-order valence-electron chi connectivity index (χ0n) is 14.4. The number of nitrogens with zero attached hydrogens (tertiary/aromatic N) is 4. The number of benzene rings is 1. The number of hydrogen-bond donors (Lipinski definition) is 0. The standard InChI is InChI=1S/C16H22N4O2S/c1-10-11(2)18-19-16(17-10)20(3)9-12-7-13(21-4)14(22-5)8-15(12)23-6/h7-8H,9H2,1-6H3. The topological polar surface area (TPSA) is 60.4 Å². The third-order valence-corrected chi connectivity index (χ3v) is 4.44. The number of thioether (sulfide) groups is 1. The number of rotatable bonds is 6. The first-order valence-corrected chi connectivity index (χ1v) is 8.40. The molecule has 2 rings (SSSR count). The van der Waals surface area contributed by atoms with E-state index in [0.29, 0.717) is 18.2 Å². The fourth-order valence-electron chi connectivity index (χ4n) is 2.15. The number of anilines is 1. The van der Waals surface area contributed by atoms with Gasteiger partial charge in [-0.2, -0.15) is 5.10 Å². The van der Waals surface area contributed by atoms with Crippen molar-refractivity contribution >= 4 is 17.7 Å². The zero-order valence-corrected chi connectivity index (χ0v) is 15.2. The van der Waals surface area contributed by atoms with Crippen molar-refractivity contribution in [3.63, 3.8) is 0 Å². The molecule has 124 valence electrons. The molecule has 0 amide bonds. The van der Waals surface area contributed by atoms with Crippen molar-refractivity contribution in [3.05, 3.63) is 29.1 Å². The Bertz CT molecular complexity index is 694. The minimum absolute atomic E-state index is 0.606. The maximum absolute atomic E-state index is 5.40. The van der Waals surface area contributed by atoms with E-state index in [1.54, 1.807) is 26.0 Å². The van der Waals surface area contributed by atoms with Crippen LogP contribution in [0.4, 0.5) is 5.95 Å². The highest BCUT2D eigenvalue weighted by Gasteiger charge is 2.14. The Morgan fingerprint density at radius 1 is 1.04 bits per heavy atom. The molecule has 0 fully saturated rings. The molecule has 0 unspecified atom stereocenters. The lowest BCUT2D eigenvalue weighted by Gasteiger charge is -2.20. The molecular weight excluding hydrogens is 312 g/mol. The van der Waals surface area contributed by atoms with E-state index in [1.165, 1.54) is 0 Å². The summed E-state index contributed by atoms with van der Waals surface area (Å²) in [4.78, 5) is 7.59. The lowest BCUT2D eigenvalue weighted by molar-refractivity contribution is 0.353. The van der Waals surface area contributed by atoms with Crippen LogP contribution in [0.3, 0.4) is 0 Å². The maximum Gasteiger partial charge on any atom is 0.245 e. The Balaban J connectivity index is 2.32. The van der Waals surface area contributed by atoms with Crippen LogP contribution in [0.5, 0.6) is 11.5 Å². The third kappa shape index (κ3) is 3.85. The van der Waals surface area contributed by atoms with Gasteiger partial charge in [-0.15, -0.1) is 16.9 Å². The first-order valence-electron chi connectivity index (χ1n) is 7.18. The van der Waals surface area contributed by atoms with Crippen LogP contribution in [0.25, 0.3) is 0 Å². The van der Waals surface area contributed by atoms with E-state index in [-0.39, 0.29) is 0 Å². The summed E-state index contributed by atoms with van der Waals surface area (Å²) in [5.74, 6) is 2.05. The third-order valence-electron chi connectivity index (χ3n) is 3.62. The molecule has 0 radical (unpaired) electrons. The van der Waals surface area contributed by atoms with Crippen LogP contribution in [0.15, 0.2) is 17.0 Å². The minimum atomic E-state index is 0.606. The summed E-state index contributed by atoms with van der Waals surface area (Å²) in [6, 6.07) is 3.99. The highest BCUT2D eigenvalue weighted by atomic mass is 32.2. The van der Waals surface area contributed by atoms with E-state index in [2.05, 4.69) is 15.2 Å². The average molecular weight is 334 g/mol. The van der Waals surface area contributed by atoms with Crippen molar-refractivity contribution in [1.29, 1.82) is 0 Å². The van der Waals surface area contributed by atoms with E-state index in [9.17, 15) is 0 Å². The molecule has 0 aliphatic rings. The Labute approximate surface area is 141 Å². The van der Waals surface area contributed by atoms with Gasteiger partial charge < -0.3 is 14.4 Å². The van der Waals surface area contributed by atoms with E-state index in [4.69, 9.17) is 9.47 Å². The Morgan fingerprint density at radius 2 is 1.70 bits per heavy atom. The van der Waals surface area contributed by atoms with E-state index in [1.807, 2.05) is 44.2 Å². The van der Waals surface area contributed by atoms with Crippen molar-refractivity contribution in [2.24, 2.45) is 0 Å². The van der Waals surface area contributed by atoms with Crippen LogP contribution < -0.4 is 14.4 Å². The van der Waals surface area contributed by atoms with Gasteiger partial charge >= 0.3 is 0 Å². The fraction of sp³-hybridized carbons (Fsp3) is 0.438. The number of ether oxygens (including phenoxy) is 2. The Hall–Kier alpha value is -2.02. The molecule has 0 saturated carbocycles. The molecule has 0 spiro atoms. The van der Waals surface area contributed by atoms with Crippen molar-refractivity contribution in [3.8, 4) is 11.5 Å². The number of aryl methyl sites for hydroxylation is 2. The molecule has 1 aromatic heterocycles. The summed E-state index contributed by atoms with van der Waals surface area (Å²) in [6.07, 6.45) is 2.04. The average Bonchev–Trinajstić information content (AvgIpc) is 2.56. The zero-order chi connectivity index (χ0) is 17.0. The van der Waals surface area contributed by atoms with Crippen LogP contribution >= 0.6 is 11.8 Å². The molecule has 7 heteroatoms. The predicted molar refractivity (Wildman–Crippen MR) is 92.7 cm³/mol. The van der Waals surface area contributed by atoms with Gasteiger partial charge in [-0.25, -0.2) is 4.98 Å². The molecule has 0 aliphatic carbocycles. The van der Waals surface area contributed by atoms with Crippen molar-refractivity contribution in [2.75, 3.05) is 32.4 Å². The minimum Gasteiger partial charge on any atom is -0.493 e. The molecule has 0 saturated heterocycles. The van der Waals surface area contributed by atoms with Gasteiger partial charge in [-0.1, -0.05) is 0 Å². The number of aromatic nitrogens is 3. The van der Waals surface area contributed by atoms with Gasteiger partial charge in [-0.05, 0) is 37.8 Å². The maximum atomic E-state index is 5.40. The first kappa shape index (κ1) is 17.3. The van der Waals surface area contributed by atoms with Gasteiger partial charge in [0.05, 0.1) is 25.6 Å². The number of methoxy groups -OCH3 is 2. The molecule has 2 aromatic rings. The lowest BCUT2D eigenvalue weighted by atomic mass is 10.2. The number of hydrogen-bond acceptors (Lipinski definition) is 7. The van der Waals surface area contributed by atoms with Crippen molar-refractivity contribution in [2.45, 2.75) is 25.3 Å². The largest absolute Gasteiger partial charge is 0.493 e. The first-order chi connectivity index (χ1) is 11.0. The summed E-state index contributed by atoms with van der Waals surface area (Å²) in [5, 5.41) is 8.31. The van der Waals surface area contributed by atoms with Crippen LogP contribution in [0.1, 0.15) is 17.0 Å². The van der Waals surface area contributed by atoms with Gasteiger partial charge in [0, 0.05) is 18.5 Å². The molecule has 0 bridgehead atoms. The monoisotopic (exact) mass is 334 g/mol. The normalized spacial score (nSPS) is 10.5. The van der Waals surface area contributed by atoms with Crippen molar-refractivity contribution in [1.82, 2.24) is 15.2 Å². The second kappa shape index (κ2) is 7.50. The second-order valence-electron chi connectivity index (χ2n) is 5.16. The Kier molecular flexibility index (Phi) is 5.65. The molecular formula is C16H22N4O2S. The fourth-order valence-corrected chi connectivity index (χ4v) is 2.76. The molecule has 23 heavy (non-hydrogen) atoms. The highest BCUT2D eigenvalue weighted by Crippen LogP contribution is 2.35. The van der Waals surface area contributed by atoms with Crippen LogP contribution in [0.2, 0.25) is 0 Å². The van der Waals surface area contributed by atoms with Gasteiger partial charge in [0.15, 0.2) is 11.5 Å². The summed E-state index contributed by atoms with van der Waals surface area (Å²) in [7, 11) is 5.23. The second-order valence-corrected chi connectivity index (χ2v) is 6.01. The summed E-state index contributed by atoms with van der Waals surface area (Å²) >= 11 is 1.67. The summed E-state index contributed by atoms with van der Waals surface area (Å²) in [6.45, 7) is 4.49. The van der Waals surface area contributed by atoms with Gasteiger partial charge in [-0.3, -0.25) is 0 Å².